The van der Waals surface area contributed by atoms with Gasteiger partial charge >= 0.3 is 0 Å². The quantitative estimate of drug-likeness (QED) is 0.158. The minimum Gasteiger partial charge on any atom is -0.308 e. The molecule has 24 aromatic carbocycles. The fourth-order valence-corrected chi connectivity index (χ4v) is 32.0. The van der Waals surface area contributed by atoms with Gasteiger partial charge in [0.05, 0.1) is 74.3 Å². The Morgan fingerprint density at radius 3 is 0.726 bits per heavy atom. The molecule has 8 heteroatoms. The van der Waals surface area contributed by atoms with Crippen LogP contribution in [0.3, 0.4) is 0 Å². The van der Waals surface area contributed by atoms with Gasteiger partial charge in [0.2, 0.25) is 0 Å². The van der Waals surface area contributed by atoms with Crippen LogP contribution in [-0.4, -0.2) is 18.3 Å². The summed E-state index contributed by atoms with van der Waals surface area (Å²) in [7, 11) is 0. The Hall–Kier alpha value is -17.1. The lowest BCUT2D eigenvalue weighted by atomic mass is 9.82. The lowest BCUT2D eigenvalue weighted by molar-refractivity contribution is 0.660. The fraction of sp³-hybridized carbons (Fsp3) is 0.0435. The van der Waals surface area contributed by atoms with E-state index in [1.807, 2.05) is 45.3 Å². The van der Waals surface area contributed by atoms with E-state index in [0.717, 1.165) is 0 Å². The third-order valence-electron chi connectivity index (χ3n) is 33.3. The van der Waals surface area contributed by atoms with E-state index in [1.165, 1.54) is 322 Å². The van der Waals surface area contributed by atoms with Gasteiger partial charge in [0.25, 0.3) is 0 Å². The first-order valence-electron chi connectivity index (χ1n) is 50.7. The number of nitrogens with zero attached hydrogens (tertiary/aromatic N) is 4. The van der Waals surface area contributed by atoms with Crippen molar-refractivity contribution in [3.63, 3.8) is 0 Å². The highest BCUT2D eigenvalue weighted by atomic mass is 32.1. The van der Waals surface area contributed by atoms with Crippen molar-refractivity contribution in [3.05, 3.63) is 459 Å². The van der Waals surface area contributed by atoms with E-state index >= 15 is 0 Å². The molecule has 2 aliphatic carbocycles. The monoisotopic (exact) mass is 1920 g/mol. The summed E-state index contributed by atoms with van der Waals surface area (Å²) in [6, 6.07) is 165. The molecule has 0 saturated heterocycles. The predicted octanol–water partition coefficient (Wildman–Crippen LogP) is 40.1. The van der Waals surface area contributed by atoms with Crippen molar-refractivity contribution < 1.29 is 0 Å². The molecular weight excluding hydrogens is 1840 g/mol. The van der Waals surface area contributed by atoms with Gasteiger partial charge in [-0.2, -0.15) is 0 Å². The number of hydrogen-bond acceptors (Lipinski definition) is 4. The minimum absolute atomic E-state index is 0.133. The Labute approximate surface area is 853 Å². The number of hydrogen-bond donors (Lipinski definition) is 0. The second kappa shape index (κ2) is 29.8. The first kappa shape index (κ1) is 81.5. The topological polar surface area (TPSA) is 19.7 Å². The minimum atomic E-state index is -0.133. The summed E-state index contributed by atoms with van der Waals surface area (Å²) in [6.45, 7) is 9.58. The van der Waals surface area contributed by atoms with Crippen molar-refractivity contribution >= 4 is 278 Å². The van der Waals surface area contributed by atoms with Gasteiger partial charge in [0.15, 0.2) is 0 Å². The molecule has 0 fully saturated rings. The van der Waals surface area contributed by atoms with Crippen LogP contribution in [0.5, 0.6) is 0 Å². The van der Waals surface area contributed by atoms with E-state index in [2.05, 4.69) is 483 Å². The number of fused-ring (bicyclic) bond motifs is 48. The van der Waals surface area contributed by atoms with Crippen LogP contribution in [0.25, 0.3) is 300 Å². The number of rotatable bonds is 6. The summed E-state index contributed by atoms with van der Waals surface area (Å²) in [6.07, 6.45) is 0. The smallest absolute Gasteiger partial charge is 0.0726 e. The molecule has 0 radical (unpaired) electrons. The third-order valence-corrected chi connectivity index (χ3v) is 38.0. The Balaban J connectivity index is 0.000000129. The largest absolute Gasteiger partial charge is 0.308 e. The van der Waals surface area contributed by atoms with Crippen molar-refractivity contribution in [1.82, 2.24) is 18.3 Å². The highest BCUT2D eigenvalue weighted by molar-refractivity contribution is 7.28. The standard InChI is InChI=1S/C74H48N2S2.C64H36N2S2/c1-73(2)57-25-13-9-17-45(57)47-33-31-43(39-59(47)73)75-61-35-29-41(37-55(61)65-49-19-5-7-21-51(49)67-53-23-11-15-27-63(53)77-71(67)69(65)75)42-30-36-62-56(38-42)66-50-20-6-8-22-52(50)68-54-24-12-16-28-64(54)78-72(68)70(66)76(62)44-32-34-48-46-18-10-14-26-58(46)74(3,4)60(48)40-44;1-3-19-41-37(15-1)17-13-27-51(41)65-53-33-31-39(35-49(53)57-43-21-5-7-23-45(43)59-47-25-9-11-29-55(47)67-63(59)61(57)65)40-32-34-54-50(36-40)58-44-22-6-8-24-46(44)60-48-26-10-12-30-56(48)68-64(60)62(58)66(54)52-28-14-18-38-16-2-4-20-42(38)52/h5-40H,1-4H3;1-36H. The van der Waals surface area contributed by atoms with Crippen LogP contribution >= 0.6 is 45.3 Å². The zero-order valence-electron chi connectivity index (χ0n) is 80.0. The molecule has 680 valence electrons. The van der Waals surface area contributed by atoms with E-state index in [4.69, 9.17) is 0 Å². The first-order valence-corrected chi connectivity index (χ1v) is 53.9. The van der Waals surface area contributed by atoms with Crippen LogP contribution in [-0.2, 0) is 10.8 Å². The summed E-state index contributed by atoms with van der Waals surface area (Å²) >= 11 is 7.70. The van der Waals surface area contributed by atoms with Crippen molar-refractivity contribution in [2.45, 2.75) is 38.5 Å². The van der Waals surface area contributed by atoms with Gasteiger partial charge < -0.3 is 18.3 Å². The maximum Gasteiger partial charge on any atom is 0.0726 e. The van der Waals surface area contributed by atoms with Crippen molar-refractivity contribution in [2.24, 2.45) is 0 Å². The highest BCUT2D eigenvalue weighted by Gasteiger charge is 2.39. The first-order chi connectivity index (χ1) is 72.0. The summed E-state index contributed by atoms with van der Waals surface area (Å²) in [4.78, 5) is 0. The second-order valence-corrected chi connectivity index (χ2v) is 45.6. The second-order valence-electron chi connectivity index (χ2n) is 41.4. The van der Waals surface area contributed by atoms with Gasteiger partial charge in [-0.25, -0.2) is 0 Å². The van der Waals surface area contributed by atoms with E-state index in [-0.39, 0.29) is 10.8 Å². The van der Waals surface area contributed by atoms with Gasteiger partial charge in [-0.3, -0.25) is 0 Å². The zero-order valence-corrected chi connectivity index (χ0v) is 83.3. The highest BCUT2D eigenvalue weighted by Crippen LogP contribution is 2.59. The Morgan fingerprint density at radius 2 is 0.411 bits per heavy atom. The molecule has 0 N–H and O–H groups in total. The van der Waals surface area contributed by atoms with Crippen LogP contribution in [0.15, 0.2) is 437 Å². The number of aromatic nitrogens is 4. The van der Waals surface area contributed by atoms with Gasteiger partial charge in [-0.05, 0) is 230 Å². The van der Waals surface area contributed by atoms with Crippen LogP contribution < -0.4 is 0 Å². The lowest BCUT2D eigenvalue weighted by Gasteiger charge is -2.22. The van der Waals surface area contributed by atoms with E-state index in [1.54, 1.807) is 0 Å². The SMILES string of the molecule is CC1(C)c2ccccc2-c2ccc(-n3c4ccc(-c5ccc6c(c5)c5c7ccccc7c7c8ccccc8sc7c5n6-c5ccc6c(c5)C(C)(C)c5ccccc5-6)cc4c4c5ccccc5c5c6ccccc6sc5c43)cc21.c1ccc2c(-n3c4ccc(-c5ccc6c(c5)c5c7ccccc7c7c8ccccc8sc7c5n6-c5cccc6ccccc56)cc4c4c5ccccc5c5c6ccccc6sc5c43)cccc2c1. The number of benzene rings is 24. The van der Waals surface area contributed by atoms with Gasteiger partial charge in [-0.1, -0.05) is 355 Å². The van der Waals surface area contributed by atoms with E-state index in [0.29, 0.717) is 0 Å². The van der Waals surface area contributed by atoms with Crippen LogP contribution in [0, 0.1) is 0 Å². The molecule has 146 heavy (non-hydrogen) atoms. The van der Waals surface area contributed by atoms with Crippen LogP contribution in [0.2, 0.25) is 0 Å². The molecule has 0 unspecified atom stereocenters. The maximum absolute atomic E-state index is 2.60. The van der Waals surface area contributed by atoms with Crippen molar-refractivity contribution in [1.29, 1.82) is 0 Å². The molecule has 4 nitrogen and oxygen atoms in total. The molecule has 0 aliphatic heterocycles. The van der Waals surface area contributed by atoms with Crippen LogP contribution in [0.1, 0.15) is 49.9 Å². The zero-order chi connectivity index (χ0) is 95.7. The summed E-state index contributed by atoms with van der Waals surface area (Å²) in [5.41, 5.74) is 30.2. The Morgan fingerprint density at radius 1 is 0.171 bits per heavy atom. The molecule has 2 aliphatic rings. The van der Waals surface area contributed by atoms with Crippen molar-refractivity contribution in [2.75, 3.05) is 0 Å². The maximum atomic E-state index is 2.60. The molecule has 8 aromatic heterocycles. The lowest BCUT2D eigenvalue weighted by Crippen LogP contribution is -2.15. The summed E-state index contributed by atoms with van der Waals surface area (Å²) in [5.74, 6) is 0. The van der Waals surface area contributed by atoms with Crippen LogP contribution in [0.4, 0.5) is 0 Å². The number of thiophene rings is 4. The fourth-order valence-electron chi connectivity index (χ4n) is 26.9. The van der Waals surface area contributed by atoms with E-state index < -0.39 is 0 Å². The van der Waals surface area contributed by atoms with Gasteiger partial charge in [0.1, 0.15) is 0 Å². The van der Waals surface area contributed by atoms with Crippen molar-refractivity contribution in [3.8, 4) is 67.3 Å². The molecule has 0 atom stereocenters. The van der Waals surface area contributed by atoms with Gasteiger partial charge in [-0.15, -0.1) is 45.3 Å². The molecular formula is C138H84N4S4. The third kappa shape index (κ3) is 10.9. The molecule has 34 rings (SSSR count). The summed E-state index contributed by atoms with van der Waals surface area (Å²) < 4.78 is 20.9. The Bertz CT molecular complexity index is 10900. The average molecular weight is 1930 g/mol. The molecule has 0 amide bonds. The summed E-state index contributed by atoms with van der Waals surface area (Å²) in [5, 5.41) is 36.2. The molecule has 0 spiro atoms. The molecule has 32 aromatic rings. The van der Waals surface area contributed by atoms with Gasteiger partial charge in [0, 0.05) is 138 Å². The van der Waals surface area contributed by atoms with E-state index in [9.17, 15) is 0 Å². The predicted molar refractivity (Wildman–Crippen MR) is 633 cm³/mol. The molecule has 0 saturated carbocycles. The Kier molecular flexibility index (Phi) is 16.6. The normalized spacial score (nSPS) is 13.5. The molecule has 0 bridgehead atoms. The molecule has 8 heterocycles. The average Bonchev–Trinajstić information content (AvgIpc) is 2.00.